The molecule has 2 heterocycles. The number of fused-ring (bicyclic) bond motifs is 6. The van der Waals surface area contributed by atoms with Gasteiger partial charge in [-0.3, -0.25) is 0 Å². The van der Waals surface area contributed by atoms with Crippen molar-refractivity contribution in [2.24, 2.45) is 0 Å². The molecule has 0 bridgehead atoms. The molecule has 0 amide bonds. The molecule has 0 aliphatic carbocycles. The number of aromatic nitrogens is 2. The molecule has 0 N–H and O–H groups in total. The van der Waals surface area contributed by atoms with Crippen LogP contribution >= 0.6 is 0 Å². The standard InChI is InChI=1S/C45H25N5/c46-26-29-14-22-44-40(23-29)39-20-13-30(27-47)24-45(39)50(44)41-10-4-1-7-36(41)32-17-21-35(33(25-32)28-48)31-15-18-34(19-16-31)49-42-11-5-2-8-37(42)38-9-3-6-12-43(38)49/h1-25H. The van der Waals surface area contributed by atoms with Crippen molar-refractivity contribution in [2.45, 2.75) is 0 Å². The quantitative estimate of drug-likeness (QED) is 0.193. The van der Waals surface area contributed by atoms with Gasteiger partial charge in [-0.1, -0.05) is 84.9 Å². The van der Waals surface area contributed by atoms with Gasteiger partial charge in [0.15, 0.2) is 0 Å². The Bertz CT molecular complexity index is 2900. The summed E-state index contributed by atoms with van der Waals surface area (Å²) in [5.74, 6) is 0. The van der Waals surface area contributed by atoms with Crippen LogP contribution in [0.5, 0.6) is 0 Å². The molecule has 0 aliphatic rings. The fraction of sp³-hybridized carbons (Fsp3) is 0. The number of nitrogens with zero attached hydrogens (tertiary/aromatic N) is 5. The van der Waals surface area contributed by atoms with Gasteiger partial charge in [0.25, 0.3) is 0 Å². The first-order valence-electron chi connectivity index (χ1n) is 16.3. The van der Waals surface area contributed by atoms with Crippen LogP contribution in [0.15, 0.2) is 152 Å². The van der Waals surface area contributed by atoms with Gasteiger partial charge in [0.2, 0.25) is 0 Å². The van der Waals surface area contributed by atoms with E-state index in [4.69, 9.17) is 0 Å². The largest absolute Gasteiger partial charge is 0.309 e. The van der Waals surface area contributed by atoms with E-state index in [-0.39, 0.29) is 0 Å². The highest BCUT2D eigenvalue weighted by Gasteiger charge is 2.18. The molecule has 0 unspecified atom stereocenters. The second-order valence-electron chi connectivity index (χ2n) is 12.3. The fourth-order valence-electron chi connectivity index (χ4n) is 7.38. The molecule has 50 heavy (non-hydrogen) atoms. The molecule has 0 saturated heterocycles. The minimum Gasteiger partial charge on any atom is -0.309 e. The van der Waals surface area contributed by atoms with Crippen molar-refractivity contribution >= 4 is 43.6 Å². The van der Waals surface area contributed by atoms with Crippen molar-refractivity contribution in [3.05, 3.63) is 168 Å². The van der Waals surface area contributed by atoms with Gasteiger partial charge in [0.1, 0.15) is 0 Å². The van der Waals surface area contributed by atoms with E-state index in [1.54, 1.807) is 0 Å². The number of hydrogen-bond acceptors (Lipinski definition) is 3. The van der Waals surface area contributed by atoms with E-state index in [0.717, 1.165) is 66.5 Å². The maximum absolute atomic E-state index is 10.4. The Morgan fingerprint density at radius 2 is 0.980 bits per heavy atom. The molecule has 5 heteroatoms. The molecule has 0 aliphatic heterocycles. The van der Waals surface area contributed by atoms with Crippen molar-refractivity contribution in [3.8, 4) is 51.8 Å². The van der Waals surface area contributed by atoms with Crippen molar-refractivity contribution < 1.29 is 0 Å². The molecule has 0 spiro atoms. The molecule has 9 rings (SSSR count). The summed E-state index contributed by atoms with van der Waals surface area (Å²) in [6.45, 7) is 0. The number of benzene rings is 7. The zero-order chi connectivity index (χ0) is 33.8. The molecule has 5 nitrogen and oxygen atoms in total. The van der Waals surface area contributed by atoms with Crippen LogP contribution in [0.2, 0.25) is 0 Å². The predicted molar refractivity (Wildman–Crippen MR) is 200 cm³/mol. The Labute approximate surface area is 287 Å². The summed E-state index contributed by atoms with van der Waals surface area (Å²) in [4.78, 5) is 0. The highest BCUT2D eigenvalue weighted by molar-refractivity contribution is 6.11. The molecular weight excluding hydrogens is 611 g/mol. The third-order valence-corrected chi connectivity index (χ3v) is 9.64. The molecule has 0 atom stereocenters. The second-order valence-corrected chi connectivity index (χ2v) is 12.3. The average Bonchev–Trinajstić information content (AvgIpc) is 3.69. The number of nitriles is 3. The first-order chi connectivity index (χ1) is 24.7. The van der Waals surface area contributed by atoms with Crippen molar-refractivity contribution in [2.75, 3.05) is 0 Å². The third-order valence-electron chi connectivity index (χ3n) is 9.64. The van der Waals surface area contributed by atoms with Gasteiger partial charge in [-0.05, 0) is 83.4 Å². The summed E-state index contributed by atoms with van der Waals surface area (Å²) in [6.07, 6.45) is 0. The van der Waals surface area contributed by atoms with Gasteiger partial charge in [-0.25, -0.2) is 0 Å². The van der Waals surface area contributed by atoms with Crippen LogP contribution in [0.4, 0.5) is 0 Å². The summed E-state index contributed by atoms with van der Waals surface area (Å²) in [7, 11) is 0. The average molecular weight is 636 g/mol. The number of para-hydroxylation sites is 3. The van der Waals surface area contributed by atoms with Crippen LogP contribution in [0.25, 0.3) is 77.2 Å². The molecule has 0 radical (unpaired) electrons. The molecular formula is C45H25N5. The highest BCUT2D eigenvalue weighted by atomic mass is 15.0. The summed E-state index contributed by atoms with van der Waals surface area (Å²) in [6, 6.07) is 57.8. The minimum absolute atomic E-state index is 0.555. The summed E-state index contributed by atoms with van der Waals surface area (Å²) in [5.41, 5.74) is 11.5. The first-order valence-corrected chi connectivity index (χ1v) is 16.3. The normalized spacial score (nSPS) is 11.1. The van der Waals surface area contributed by atoms with Gasteiger partial charge < -0.3 is 9.13 Å². The lowest BCUT2D eigenvalue weighted by Gasteiger charge is -2.15. The molecule has 7 aromatic carbocycles. The van der Waals surface area contributed by atoms with Crippen molar-refractivity contribution in [1.29, 1.82) is 15.8 Å². The Morgan fingerprint density at radius 3 is 1.70 bits per heavy atom. The van der Waals surface area contributed by atoms with Crippen LogP contribution in [0.3, 0.4) is 0 Å². The maximum atomic E-state index is 10.4. The zero-order valence-electron chi connectivity index (χ0n) is 26.7. The number of rotatable bonds is 4. The molecule has 0 saturated carbocycles. The summed E-state index contributed by atoms with van der Waals surface area (Å²) in [5, 5.41) is 34.1. The van der Waals surface area contributed by atoms with E-state index in [1.165, 1.54) is 10.8 Å². The lowest BCUT2D eigenvalue weighted by atomic mass is 9.94. The predicted octanol–water partition coefficient (Wildman–Crippen LogP) is 10.8. The minimum atomic E-state index is 0.555. The zero-order valence-corrected chi connectivity index (χ0v) is 26.7. The molecule has 9 aromatic rings. The smallest absolute Gasteiger partial charge is 0.0998 e. The van der Waals surface area contributed by atoms with Gasteiger partial charge in [0, 0.05) is 32.8 Å². The topological polar surface area (TPSA) is 81.2 Å². The van der Waals surface area contributed by atoms with Crippen LogP contribution < -0.4 is 0 Å². The Morgan fingerprint density at radius 1 is 0.380 bits per heavy atom. The Hall–Kier alpha value is -7.39. The summed E-state index contributed by atoms with van der Waals surface area (Å²) >= 11 is 0. The van der Waals surface area contributed by atoms with Crippen LogP contribution in [0, 0.1) is 34.0 Å². The van der Waals surface area contributed by atoms with E-state index in [0.29, 0.717) is 16.7 Å². The summed E-state index contributed by atoms with van der Waals surface area (Å²) < 4.78 is 4.43. The monoisotopic (exact) mass is 635 g/mol. The first kappa shape index (κ1) is 28.8. The van der Waals surface area contributed by atoms with E-state index in [1.807, 2.05) is 60.7 Å². The van der Waals surface area contributed by atoms with Crippen LogP contribution in [-0.2, 0) is 0 Å². The molecule has 0 fully saturated rings. The lowest BCUT2D eigenvalue weighted by molar-refractivity contribution is 1.18. The Kier molecular flexibility index (Phi) is 6.56. The lowest BCUT2D eigenvalue weighted by Crippen LogP contribution is -1.98. The van der Waals surface area contributed by atoms with E-state index in [2.05, 4.69) is 118 Å². The second kappa shape index (κ2) is 11.4. The highest BCUT2D eigenvalue weighted by Crippen LogP contribution is 2.39. The van der Waals surface area contributed by atoms with Crippen LogP contribution in [-0.4, -0.2) is 9.13 Å². The van der Waals surface area contributed by atoms with Crippen molar-refractivity contribution in [1.82, 2.24) is 9.13 Å². The maximum Gasteiger partial charge on any atom is 0.0998 e. The van der Waals surface area contributed by atoms with Crippen molar-refractivity contribution in [3.63, 3.8) is 0 Å². The third kappa shape index (κ3) is 4.38. The molecule has 2 aromatic heterocycles. The van der Waals surface area contributed by atoms with E-state index < -0.39 is 0 Å². The fourth-order valence-corrected chi connectivity index (χ4v) is 7.38. The van der Waals surface area contributed by atoms with Gasteiger partial charge >= 0.3 is 0 Å². The Balaban J connectivity index is 1.16. The van der Waals surface area contributed by atoms with Gasteiger partial charge in [0.05, 0.1) is 62.7 Å². The van der Waals surface area contributed by atoms with E-state index >= 15 is 0 Å². The van der Waals surface area contributed by atoms with Crippen LogP contribution in [0.1, 0.15) is 16.7 Å². The van der Waals surface area contributed by atoms with Gasteiger partial charge in [-0.15, -0.1) is 0 Å². The van der Waals surface area contributed by atoms with Gasteiger partial charge in [-0.2, -0.15) is 15.8 Å². The van der Waals surface area contributed by atoms with E-state index in [9.17, 15) is 15.8 Å². The number of hydrogen-bond donors (Lipinski definition) is 0. The SMILES string of the molecule is N#Cc1ccc2c(c1)c1ccc(C#N)cc1n2-c1ccccc1-c1ccc(-c2ccc(-n3c4ccccc4c4ccccc43)cc2)c(C#N)c1. The molecule has 230 valence electrons.